The van der Waals surface area contributed by atoms with Crippen LogP contribution in [0.5, 0.6) is 0 Å². The van der Waals surface area contributed by atoms with Crippen LogP contribution in [0.1, 0.15) is 51.9 Å². The Bertz CT molecular complexity index is 183. The van der Waals surface area contributed by atoms with Crippen LogP contribution in [0.3, 0.4) is 0 Å². The Morgan fingerprint density at radius 3 is 2.62 bits per heavy atom. The largest absolute Gasteiger partial charge is 0.466 e. The lowest BCUT2D eigenvalue weighted by atomic mass is 10.1. The van der Waals surface area contributed by atoms with E-state index in [2.05, 4.69) is 12.2 Å². The molecule has 0 spiro atoms. The summed E-state index contributed by atoms with van der Waals surface area (Å²) in [7, 11) is 0. The first-order chi connectivity index (χ1) is 7.81. The third kappa shape index (κ3) is 11.0. The van der Waals surface area contributed by atoms with E-state index in [1.807, 2.05) is 0 Å². The lowest BCUT2D eigenvalue weighted by Gasteiger charge is -2.03. The highest BCUT2D eigenvalue weighted by Gasteiger charge is 2.01. The zero-order valence-corrected chi connectivity index (χ0v) is 10.2. The second-order valence-electron chi connectivity index (χ2n) is 3.81. The molecule has 0 saturated heterocycles. The van der Waals surface area contributed by atoms with E-state index in [9.17, 15) is 9.59 Å². The molecular weight excluding hydrogens is 206 g/mol. The minimum Gasteiger partial charge on any atom is -0.466 e. The van der Waals surface area contributed by atoms with E-state index < -0.39 is 0 Å². The number of unbranched alkanes of at least 4 members (excludes halogenated alkanes) is 4. The zero-order chi connectivity index (χ0) is 12.1. The molecule has 0 heterocycles. The number of esters is 1. The van der Waals surface area contributed by atoms with E-state index in [0.717, 1.165) is 45.1 Å². The first-order valence-corrected chi connectivity index (χ1v) is 6.14. The van der Waals surface area contributed by atoms with Crippen molar-refractivity contribution in [3.05, 3.63) is 0 Å². The van der Waals surface area contributed by atoms with Gasteiger partial charge in [0, 0.05) is 13.0 Å². The molecule has 0 rings (SSSR count). The van der Waals surface area contributed by atoms with Crippen LogP contribution in [-0.2, 0) is 14.3 Å². The van der Waals surface area contributed by atoms with Crippen molar-refractivity contribution in [3.63, 3.8) is 0 Å². The Morgan fingerprint density at radius 2 is 1.94 bits per heavy atom. The highest BCUT2D eigenvalue weighted by molar-refractivity contribution is 5.69. The van der Waals surface area contributed by atoms with E-state index in [1.54, 1.807) is 0 Å². The van der Waals surface area contributed by atoms with Crippen molar-refractivity contribution in [3.8, 4) is 0 Å². The predicted molar refractivity (Wildman–Crippen MR) is 63.0 cm³/mol. The molecule has 1 amide bonds. The average Bonchev–Trinajstić information content (AvgIpc) is 2.28. The molecule has 0 radical (unpaired) electrons. The van der Waals surface area contributed by atoms with Crippen molar-refractivity contribution in [1.29, 1.82) is 0 Å². The minimum atomic E-state index is -0.0838. The molecule has 0 bridgehead atoms. The molecule has 0 unspecified atom stereocenters. The van der Waals surface area contributed by atoms with E-state index in [4.69, 9.17) is 4.74 Å². The normalized spacial score (nSPS) is 9.81. The smallest absolute Gasteiger partial charge is 0.305 e. The first-order valence-electron chi connectivity index (χ1n) is 6.14. The lowest BCUT2D eigenvalue weighted by molar-refractivity contribution is -0.143. The van der Waals surface area contributed by atoms with Crippen LogP contribution >= 0.6 is 0 Å². The van der Waals surface area contributed by atoms with Gasteiger partial charge in [0.25, 0.3) is 0 Å². The number of amides is 1. The molecule has 0 fully saturated rings. The summed E-state index contributed by atoms with van der Waals surface area (Å²) < 4.78 is 5.03. The third-order valence-corrected chi connectivity index (χ3v) is 2.30. The molecule has 0 atom stereocenters. The van der Waals surface area contributed by atoms with Gasteiger partial charge in [-0.15, -0.1) is 0 Å². The van der Waals surface area contributed by atoms with Gasteiger partial charge in [-0.25, -0.2) is 0 Å². The standard InChI is InChI=1S/C12H23NO3/c1-2-3-10-16-12(15)8-6-4-5-7-9-13-11-14/h11H,2-10H2,1H3,(H,13,14). The van der Waals surface area contributed by atoms with Crippen LogP contribution in [0.4, 0.5) is 0 Å². The Kier molecular flexibility index (Phi) is 11.2. The summed E-state index contributed by atoms with van der Waals surface area (Å²) in [6.07, 6.45) is 7.15. The second-order valence-corrected chi connectivity index (χ2v) is 3.81. The number of carbonyl (C=O) groups is 2. The van der Waals surface area contributed by atoms with Crippen LogP contribution in [0.25, 0.3) is 0 Å². The molecule has 16 heavy (non-hydrogen) atoms. The first kappa shape index (κ1) is 14.9. The van der Waals surface area contributed by atoms with Gasteiger partial charge in [0.05, 0.1) is 6.61 Å². The van der Waals surface area contributed by atoms with Crippen molar-refractivity contribution >= 4 is 12.4 Å². The quantitative estimate of drug-likeness (QED) is 0.335. The van der Waals surface area contributed by atoms with Gasteiger partial charge in [-0.05, 0) is 19.3 Å². The monoisotopic (exact) mass is 229 g/mol. The summed E-state index contributed by atoms with van der Waals surface area (Å²) in [6.45, 7) is 3.35. The number of hydrogen-bond donors (Lipinski definition) is 1. The molecule has 94 valence electrons. The third-order valence-electron chi connectivity index (χ3n) is 2.30. The lowest BCUT2D eigenvalue weighted by Crippen LogP contribution is -2.11. The number of rotatable bonds is 11. The molecule has 0 aromatic heterocycles. The van der Waals surface area contributed by atoms with Crippen LogP contribution in [-0.4, -0.2) is 25.5 Å². The van der Waals surface area contributed by atoms with Crippen LogP contribution in [0.2, 0.25) is 0 Å². The highest BCUT2D eigenvalue weighted by atomic mass is 16.5. The SMILES string of the molecule is CCCCOC(=O)CCCCCCNC=O. The van der Waals surface area contributed by atoms with E-state index in [1.165, 1.54) is 0 Å². The fourth-order valence-corrected chi connectivity index (χ4v) is 1.31. The maximum absolute atomic E-state index is 11.2. The van der Waals surface area contributed by atoms with Crippen molar-refractivity contribution in [1.82, 2.24) is 5.32 Å². The molecule has 0 aromatic rings. The van der Waals surface area contributed by atoms with Crippen molar-refractivity contribution in [2.24, 2.45) is 0 Å². The Morgan fingerprint density at radius 1 is 1.19 bits per heavy atom. The van der Waals surface area contributed by atoms with Crippen LogP contribution in [0.15, 0.2) is 0 Å². The fourth-order valence-electron chi connectivity index (χ4n) is 1.31. The Balaban J connectivity index is 3.12. The van der Waals surface area contributed by atoms with E-state index in [-0.39, 0.29) is 5.97 Å². The van der Waals surface area contributed by atoms with Gasteiger partial charge in [0.1, 0.15) is 0 Å². The number of hydrogen-bond acceptors (Lipinski definition) is 3. The van der Waals surface area contributed by atoms with Crippen molar-refractivity contribution in [2.75, 3.05) is 13.2 Å². The summed E-state index contributed by atoms with van der Waals surface area (Å²) in [4.78, 5) is 21.1. The number of nitrogens with one attached hydrogen (secondary N) is 1. The van der Waals surface area contributed by atoms with Gasteiger partial charge in [-0.2, -0.15) is 0 Å². The van der Waals surface area contributed by atoms with Gasteiger partial charge in [-0.1, -0.05) is 26.2 Å². The minimum absolute atomic E-state index is 0.0838. The summed E-state index contributed by atoms with van der Waals surface area (Å²) in [5.74, 6) is -0.0838. The van der Waals surface area contributed by atoms with Crippen molar-refractivity contribution in [2.45, 2.75) is 51.9 Å². The van der Waals surface area contributed by atoms with Gasteiger partial charge in [0.15, 0.2) is 0 Å². The van der Waals surface area contributed by atoms with Crippen LogP contribution < -0.4 is 5.32 Å². The predicted octanol–water partition coefficient (Wildman–Crippen LogP) is 2.03. The molecule has 4 heteroatoms. The average molecular weight is 229 g/mol. The molecule has 0 saturated carbocycles. The molecular formula is C12H23NO3. The van der Waals surface area contributed by atoms with Gasteiger partial charge >= 0.3 is 5.97 Å². The number of ether oxygens (including phenoxy) is 1. The molecule has 0 aliphatic carbocycles. The fraction of sp³-hybridized carbons (Fsp3) is 0.833. The molecule has 0 aliphatic rings. The maximum atomic E-state index is 11.2. The maximum Gasteiger partial charge on any atom is 0.305 e. The molecule has 0 aromatic carbocycles. The van der Waals surface area contributed by atoms with Crippen molar-refractivity contribution < 1.29 is 14.3 Å². The Hall–Kier alpha value is -1.06. The second kappa shape index (κ2) is 12.0. The summed E-state index contributed by atoms with van der Waals surface area (Å²) in [6, 6.07) is 0. The van der Waals surface area contributed by atoms with Gasteiger partial charge < -0.3 is 10.1 Å². The van der Waals surface area contributed by atoms with E-state index in [0.29, 0.717) is 19.4 Å². The highest BCUT2D eigenvalue weighted by Crippen LogP contribution is 2.04. The summed E-state index contributed by atoms with van der Waals surface area (Å²) in [5, 5.41) is 2.61. The van der Waals surface area contributed by atoms with Crippen LogP contribution in [0, 0.1) is 0 Å². The summed E-state index contributed by atoms with van der Waals surface area (Å²) >= 11 is 0. The zero-order valence-electron chi connectivity index (χ0n) is 10.2. The number of carbonyl (C=O) groups excluding carboxylic acids is 2. The van der Waals surface area contributed by atoms with E-state index >= 15 is 0 Å². The van der Waals surface area contributed by atoms with Gasteiger partial charge in [0.2, 0.25) is 6.41 Å². The van der Waals surface area contributed by atoms with Gasteiger partial charge in [-0.3, -0.25) is 9.59 Å². The topological polar surface area (TPSA) is 55.4 Å². The summed E-state index contributed by atoms with van der Waals surface area (Å²) in [5.41, 5.74) is 0. The Labute approximate surface area is 97.7 Å². The molecule has 1 N–H and O–H groups in total. The molecule has 4 nitrogen and oxygen atoms in total. The molecule has 0 aliphatic heterocycles.